The van der Waals surface area contributed by atoms with Crippen molar-refractivity contribution >= 4 is 17.4 Å². The Kier molecular flexibility index (Phi) is 5.40. The van der Waals surface area contributed by atoms with Crippen molar-refractivity contribution in [1.29, 1.82) is 0 Å². The zero-order chi connectivity index (χ0) is 18.7. The average Bonchev–Trinajstić information content (AvgIpc) is 2.67. The van der Waals surface area contributed by atoms with Gasteiger partial charge < -0.3 is 9.80 Å². The molecule has 1 aliphatic heterocycles. The van der Waals surface area contributed by atoms with Gasteiger partial charge in [-0.3, -0.25) is 9.59 Å². The minimum atomic E-state index is 0.0791. The van der Waals surface area contributed by atoms with Crippen LogP contribution in [0, 0.1) is 0 Å². The predicted octanol–water partition coefficient (Wildman–Crippen LogP) is 3.98. The molecule has 1 aliphatic rings. The molecule has 0 unspecified atom stereocenters. The molecule has 3 rings (SSSR count). The smallest absolute Gasteiger partial charge is 0.253 e. The normalized spacial score (nSPS) is 14.6. The van der Waals surface area contributed by atoms with Crippen molar-refractivity contribution in [3.8, 4) is 0 Å². The second-order valence-electron chi connectivity index (χ2n) is 7.16. The summed E-state index contributed by atoms with van der Waals surface area (Å²) in [4.78, 5) is 28.3. The summed E-state index contributed by atoms with van der Waals surface area (Å²) in [7, 11) is 0. The number of hydrogen-bond acceptors (Lipinski definition) is 3. The lowest BCUT2D eigenvalue weighted by atomic mass is 10.0. The second kappa shape index (κ2) is 7.73. The highest BCUT2D eigenvalue weighted by atomic mass is 16.2. The van der Waals surface area contributed by atoms with E-state index in [1.807, 2.05) is 53.4 Å². The third kappa shape index (κ3) is 3.96. The van der Waals surface area contributed by atoms with Gasteiger partial charge >= 0.3 is 0 Å². The first kappa shape index (κ1) is 18.2. The molecular weight excluding hydrogens is 324 g/mol. The molecule has 0 spiro atoms. The third-order valence-electron chi connectivity index (χ3n) is 5.03. The Morgan fingerprint density at radius 2 is 1.35 bits per heavy atom. The number of rotatable bonds is 4. The first-order valence-electron chi connectivity index (χ1n) is 9.21. The summed E-state index contributed by atoms with van der Waals surface area (Å²) < 4.78 is 0. The zero-order valence-electron chi connectivity index (χ0n) is 15.7. The van der Waals surface area contributed by atoms with Crippen LogP contribution in [0.1, 0.15) is 53.0 Å². The molecule has 2 aromatic rings. The van der Waals surface area contributed by atoms with Crippen LogP contribution < -0.4 is 4.90 Å². The zero-order valence-corrected chi connectivity index (χ0v) is 15.7. The van der Waals surface area contributed by atoms with Gasteiger partial charge in [0, 0.05) is 43.0 Å². The Bertz CT molecular complexity index is 771. The SMILES string of the molecule is CC(=O)c1ccc(N2CCN(C(=O)c3ccc(C(C)C)cc3)CC2)cc1. The van der Waals surface area contributed by atoms with E-state index >= 15 is 0 Å². The van der Waals surface area contributed by atoms with E-state index in [9.17, 15) is 9.59 Å². The quantitative estimate of drug-likeness (QED) is 0.783. The van der Waals surface area contributed by atoms with Gasteiger partial charge in [-0.1, -0.05) is 26.0 Å². The van der Waals surface area contributed by atoms with Crippen molar-refractivity contribution in [2.45, 2.75) is 26.7 Å². The van der Waals surface area contributed by atoms with Gasteiger partial charge in [0.15, 0.2) is 5.78 Å². The molecule has 136 valence electrons. The van der Waals surface area contributed by atoms with Gasteiger partial charge in [0.1, 0.15) is 0 Å². The molecule has 4 nitrogen and oxygen atoms in total. The number of benzene rings is 2. The van der Waals surface area contributed by atoms with E-state index < -0.39 is 0 Å². The van der Waals surface area contributed by atoms with E-state index in [1.54, 1.807) is 6.92 Å². The van der Waals surface area contributed by atoms with Crippen LogP contribution in [-0.4, -0.2) is 42.8 Å². The minimum Gasteiger partial charge on any atom is -0.368 e. The van der Waals surface area contributed by atoms with Crippen molar-refractivity contribution in [3.05, 3.63) is 65.2 Å². The van der Waals surface area contributed by atoms with E-state index in [0.29, 0.717) is 19.0 Å². The Morgan fingerprint density at radius 3 is 1.85 bits per heavy atom. The first-order valence-corrected chi connectivity index (χ1v) is 9.21. The summed E-state index contributed by atoms with van der Waals surface area (Å²) in [5.41, 5.74) is 3.84. The molecule has 1 fully saturated rings. The summed E-state index contributed by atoms with van der Waals surface area (Å²) in [6, 6.07) is 15.7. The summed E-state index contributed by atoms with van der Waals surface area (Å²) in [6.07, 6.45) is 0. The number of anilines is 1. The van der Waals surface area contributed by atoms with Gasteiger partial charge in [0.25, 0.3) is 5.91 Å². The third-order valence-corrected chi connectivity index (χ3v) is 5.03. The molecule has 0 radical (unpaired) electrons. The number of hydrogen-bond donors (Lipinski definition) is 0. The predicted molar refractivity (Wildman–Crippen MR) is 105 cm³/mol. The molecule has 0 aliphatic carbocycles. The fourth-order valence-corrected chi connectivity index (χ4v) is 3.27. The number of piperazine rings is 1. The maximum absolute atomic E-state index is 12.7. The van der Waals surface area contributed by atoms with E-state index in [1.165, 1.54) is 5.56 Å². The number of Topliss-reactive ketones (excluding diaryl/α,β-unsaturated/α-hetero) is 1. The van der Waals surface area contributed by atoms with E-state index in [2.05, 4.69) is 18.7 Å². The number of nitrogens with zero attached hydrogens (tertiary/aromatic N) is 2. The lowest BCUT2D eigenvalue weighted by Crippen LogP contribution is -2.48. The van der Waals surface area contributed by atoms with Crippen molar-refractivity contribution in [1.82, 2.24) is 4.90 Å². The molecule has 0 bridgehead atoms. The first-order chi connectivity index (χ1) is 12.5. The molecule has 1 saturated heterocycles. The second-order valence-corrected chi connectivity index (χ2v) is 7.16. The van der Waals surface area contributed by atoms with Gasteiger partial charge in [-0.15, -0.1) is 0 Å². The van der Waals surface area contributed by atoms with Crippen molar-refractivity contribution in [2.75, 3.05) is 31.1 Å². The summed E-state index contributed by atoms with van der Waals surface area (Å²) in [5.74, 6) is 0.652. The van der Waals surface area contributed by atoms with Gasteiger partial charge in [-0.2, -0.15) is 0 Å². The van der Waals surface area contributed by atoms with Crippen molar-refractivity contribution in [2.24, 2.45) is 0 Å². The molecule has 0 aromatic heterocycles. The van der Waals surface area contributed by atoms with Crippen LogP contribution in [0.2, 0.25) is 0 Å². The topological polar surface area (TPSA) is 40.6 Å². The standard InChI is InChI=1S/C22H26N2O2/c1-16(2)18-4-6-20(7-5-18)22(26)24-14-12-23(13-15-24)21-10-8-19(9-11-21)17(3)25/h4-11,16H,12-15H2,1-3H3. The van der Waals surface area contributed by atoms with Crippen LogP contribution in [0.5, 0.6) is 0 Å². The highest BCUT2D eigenvalue weighted by molar-refractivity contribution is 5.95. The fourth-order valence-electron chi connectivity index (χ4n) is 3.27. The lowest BCUT2D eigenvalue weighted by Gasteiger charge is -2.36. The van der Waals surface area contributed by atoms with Crippen LogP contribution in [0.3, 0.4) is 0 Å². The molecule has 1 amide bonds. The van der Waals surface area contributed by atoms with Gasteiger partial charge in [-0.25, -0.2) is 0 Å². The Balaban J connectivity index is 1.60. The molecule has 1 heterocycles. The van der Waals surface area contributed by atoms with Crippen LogP contribution >= 0.6 is 0 Å². The van der Waals surface area contributed by atoms with E-state index in [-0.39, 0.29) is 11.7 Å². The Labute approximate surface area is 155 Å². The summed E-state index contributed by atoms with van der Waals surface area (Å²) in [6.45, 7) is 8.90. The molecule has 26 heavy (non-hydrogen) atoms. The molecule has 2 aromatic carbocycles. The average molecular weight is 350 g/mol. The molecule has 0 atom stereocenters. The van der Waals surface area contributed by atoms with Crippen LogP contribution in [-0.2, 0) is 0 Å². The number of ketones is 1. The largest absolute Gasteiger partial charge is 0.368 e. The lowest BCUT2D eigenvalue weighted by molar-refractivity contribution is 0.0746. The van der Waals surface area contributed by atoms with Gasteiger partial charge in [0.2, 0.25) is 0 Å². The summed E-state index contributed by atoms with van der Waals surface area (Å²) in [5, 5.41) is 0. The molecule has 0 saturated carbocycles. The summed E-state index contributed by atoms with van der Waals surface area (Å²) >= 11 is 0. The van der Waals surface area contributed by atoms with E-state index in [0.717, 1.165) is 29.9 Å². The van der Waals surface area contributed by atoms with Crippen LogP contribution in [0.15, 0.2) is 48.5 Å². The van der Waals surface area contributed by atoms with Gasteiger partial charge in [-0.05, 0) is 54.8 Å². The van der Waals surface area contributed by atoms with Crippen molar-refractivity contribution < 1.29 is 9.59 Å². The number of carbonyl (C=O) groups excluding carboxylic acids is 2. The maximum Gasteiger partial charge on any atom is 0.253 e. The maximum atomic E-state index is 12.7. The fraction of sp³-hybridized carbons (Fsp3) is 0.364. The number of carbonyl (C=O) groups is 2. The number of amides is 1. The Hall–Kier alpha value is -2.62. The monoisotopic (exact) mass is 350 g/mol. The molecule has 4 heteroatoms. The minimum absolute atomic E-state index is 0.0791. The van der Waals surface area contributed by atoms with Crippen molar-refractivity contribution in [3.63, 3.8) is 0 Å². The highest BCUT2D eigenvalue weighted by Gasteiger charge is 2.22. The highest BCUT2D eigenvalue weighted by Crippen LogP contribution is 2.20. The Morgan fingerprint density at radius 1 is 0.808 bits per heavy atom. The van der Waals surface area contributed by atoms with Crippen LogP contribution in [0.25, 0.3) is 0 Å². The van der Waals surface area contributed by atoms with Crippen LogP contribution in [0.4, 0.5) is 5.69 Å². The van der Waals surface area contributed by atoms with Gasteiger partial charge in [0.05, 0.1) is 0 Å². The molecule has 0 N–H and O–H groups in total. The molecular formula is C22H26N2O2. The van der Waals surface area contributed by atoms with E-state index in [4.69, 9.17) is 0 Å².